The second-order valence-corrected chi connectivity index (χ2v) is 7.95. The van der Waals surface area contributed by atoms with Gasteiger partial charge in [0.15, 0.2) is 5.13 Å². The van der Waals surface area contributed by atoms with Crippen molar-refractivity contribution in [3.63, 3.8) is 0 Å². The molecule has 2 aromatic heterocycles. The van der Waals surface area contributed by atoms with E-state index in [-0.39, 0.29) is 10.6 Å². The van der Waals surface area contributed by atoms with Gasteiger partial charge in [0.1, 0.15) is 11.6 Å². The number of imidazole rings is 1. The van der Waals surface area contributed by atoms with Gasteiger partial charge in [-0.25, -0.2) is 14.4 Å². The van der Waals surface area contributed by atoms with E-state index in [2.05, 4.69) is 9.97 Å². The molecule has 4 rings (SSSR count). The lowest BCUT2D eigenvalue weighted by Crippen LogP contribution is -2.33. The molecule has 0 aliphatic heterocycles. The van der Waals surface area contributed by atoms with E-state index in [1.54, 1.807) is 19.6 Å². The number of carbonyl (C=O) groups is 1. The zero-order valence-electron chi connectivity index (χ0n) is 16.1. The molecule has 6 nitrogen and oxygen atoms in total. The molecule has 2 heterocycles. The summed E-state index contributed by atoms with van der Waals surface area (Å²) >= 11 is 7.50. The van der Waals surface area contributed by atoms with Crippen LogP contribution in [0.15, 0.2) is 55.1 Å². The van der Waals surface area contributed by atoms with Gasteiger partial charge in [0.25, 0.3) is 5.91 Å². The molecule has 0 N–H and O–H groups in total. The van der Waals surface area contributed by atoms with E-state index in [0.29, 0.717) is 30.4 Å². The average molecular weight is 445 g/mol. The predicted molar refractivity (Wildman–Crippen MR) is 116 cm³/mol. The number of halogens is 2. The van der Waals surface area contributed by atoms with Crippen LogP contribution in [0.4, 0.5) is 9.52 Å². The molecule has 0 bridgehead atoms. The summed E-state index contributed by atoms with van der Waals surface area (Å²) < 4.78 is 22.5. The van der Waals surface area contributed by atoms with Crippen molar-refractivity contribution in [2.24, 2.45) is 0 Å². The third kappa shape index (κ3) is 4.15. The van der Waals surface area contributed by atoms with Crippen molar-refractivity contribution in [2.75, 3.05) is 18.6 Å². The first-order chi connectivity index (χ1) is 14.6. The van der Waals surface area contributed by atoms with E-state index in [1.165, 1.54) is 34.4 Å². The van der Waals surface area contributed by atoms with E-state index >= 15 is 0 Å². The molecular formula is C21H18ClFN4O2S. The van der Waals surface area contributed by atoms with Gasteiger partial charge in [0.05, 0.1) is 34.2 Å². The van der Waals surface area contributed by atoms with Gasteiger partial charge in [0.2, 0.25) is 0 Å². The number of ether oxygens (including phenoxy) is 1. The molecule has 0 spiro atoms. The van der Waals surface area contributed by atoms with Crippen molar-refractivity contribution >= 4 is 44.2 Å². The summed E-state index contributed by atoms with van der Waals surface area (Å²) in [7, 11) is 1.59. The zero-order valence-corrected chi connectivity index (χ0v) is 17.7. The summed E-state index contributed by atoms with van der Waals surface area (Å²) in [6.45, 7) is 1.01. The Morgan fingerprint density at radius 2 is 2.20 bits per heavy atom. The first kappa shape index (κ1) is 20.3. The van der Waals surface area contributed by atoms with Gasteiger partial charge in [-0.05, 0) is 36.8 Å². The summed E-state index contributed by atoms with van der Waals surface area (Å²) in [5, 5.41) is 0.551. The molecule has 0 atom stereocenters. The monoisotopic (exact) mass is 444 g/mol. The fourth-order valence-electron chi connectivity index (χ4n) is 3.09. The molecule has 30 heavy (non-hydrogen) atoms. The Hall–Kier alpha value is -2.97. The number of anilines is 1. The molecular weight excluding hydrogens is 427 g/mol. The van der Waals surface area contributed by atoms with Crippen LogP contribution in [0.1, 0.15) is 16.8 Å². The lowest BCUT2D eigenvalue weighted by molar-refractivity contribution is 0.0982. The predicted octanol–water partition coefficient (Wildman–Crippen LogP) is 5.03. The van der Waals surface area contributed by atoms with Crippen LogP contribution >= 0.6 is 22.9 Å². The minimum absolute atomic E-state index is 0.0717. The number of nitrogens with zero attached hydrogens (tertiary/aromatic N) is 4. The maximum atomic E-state index is 14.4. The van der Waals surface area contributed by atoms with E-state index in [1.807, 2.05) is 29.0 Å². The maximum Gasteiger partial charge on any atom is 0.264 e. The van der Waals surface area contributed by atoms with Crippen LogP contribution in [0.2, 0.25) is 5.02 Å². The number of carbonyl (C=O) groups excluding carboxylic acids is 1. The topological polar surface area (TPSA) is 60.2 Å². The summed E-state index contributed by atoms with van der Waals surface area (Å²) in [6.07, 6.45) is 5.89. The largest absolute Gasteiger partial charge is 0.497 e. The molecule has 154 valence electrons. The van der Waals surface area contributed by atoms with Crippen molar-refractivity contribution in [3.8, 4) is 5.75 Å². The van der Waals surface area contributed by atoms with E-state index < -0.39 is 11.7 Å². The number of hydrogen-bond acceptors (Lipinski definition) is 5. The number of amides is 1. The van der Waals surface area contributed by atoms with Gasteiger partial charge in [-0.1, -0.05) is 29.0 Å². The Kier molecular flexibility index (Phi) is 5.96. The summed E-state index contributed by atoms with van der Waals surface area (Å²) in [6, 6.07) is 9.71. The standard InChI is InChI=1S/C21H18ClFN4O2S/c1-29-14-6-7-17-18(12-14)30-21(25-17)27(10-3-9-26-11-8-24-13-26)20(28)19-15(22)4-2-5-16(19)23/h2,4-8,11-13H,3,9-10H2,1H3. The van der Waals surface area contributed by atoms with Crippen LogP contribution in [0, 0.1) is 5.82 Å². The fourth-order valence-corrected chi connectivity index (χ4v) is 4.35. The number of thiazole rings is 1. The second kappa shape index (κ2) is 8.81. The molecule has 0 saturated heterocycles. The number of benzene rings is 2. The van der Waals surface area contributed by atoms with Gasteiger partial charge in [-0.15, -0.1) is 0 Å². The summed E-state index contributed by atoms with van der Waals surface area (Å²) in [5.74, 6) is -0.475. The lowest BCUT2D eigenvalue weighted by Gasteiger charge is -2.21. The number of rotatable bonds is 7. The molecule has 4 aromatic rings. The minimum atomic E-state index is -0.658. The maximum absolute atomic E-state index is 14.4. The van der Waals surface area contributed by atoms with Gasteiger partial charge < -0.3 is 9.30 Å². The quantitative estimate of drug-likeness (QED) is 0.401. The summed E-state index contributed by atoms with van der Waals surface area (Å²) in [4.78, 5) is 23.4. The molecule has 1 amide bonds. The van der Waals surface area contributed by atoms with Crippen molar-refractivity contribution in [3.05, 3.63) is 71.5 Å². The number of fused-ring (bicyclic) bond motifs is 1. The molecule has 9 heteroatoms. The van der Waals surface area contributed by atoms with Crippen LogP contribution in [-0.2, 0) is 6.54 Å². The van der Waals surface area contributed by atoms with Crippen molar-refractivity contribution in [2.45, 2.75) is 13.0 Å². The molecule has 0 fully saturated rings. The molecule has 0 aliphatic carbocycles. The summed E-state index contributed by atoms with van der Waals surface area (Å²) in [5.41, 5.74) is 0.585. The Balaban J connectivity index is 1.68. The fraction of sp³-hybridized carbons (Fsp3) is 0.190. The van der Waals surface area contributed by atoms with E-state index in [0.717, 1.165) is 10.2 Å². The van der Waals surface area contributed by atoms with Gasteiger partial charge >= 0.3 is 0 Å². The average Bonchev–Trinajstić information content (AvgIpc) is 3.39. The third-order valence-electron chi connectivity index (χ3n) is 4.59. The molecule has 2 aromatic carbocycles. The van der Waals surface area contributed by atoms with Crippen LogP contribution in [-0.4, -0.2) is 34.1 Å². The number of methoxy groups -OCH3 is 1. The van der Waals surface area contributed by atoms with Crippen LogP contribution in [0.25, 0.3) is 10.2 Å². The van der Waals surface area contributed by atoms with Crippen LogP contribution in [0.5, 0.6) is 5.75 Å². The second-order valence-electron chi connectivity index (χ2n) is 6.54. The highest BCUT2D eigenvalue weighted by Gasteiger charge is 2.25. The van der Waals surface area contributed by atoms with Gasteiger partial charge in [-0.3, -0.25) is 9.69 Å². The van der Waals surface area contributed by atoms with E-state index in [4.69, 9.17) is 16.3 Å². The van der Waals surface area contributed by atoms with E-state index in [9.17, 15) is 9.18 Å². The van der Waals surface area contributed by atoms with Crippen molar-refractivity contribution < 1.29 is 13.9 Å². The SMILES string of the molecule is COc1ccc2nc(N(CCCn3ccnc3)C(=O)c3c(F)cccc3Cl)sc2c1. The highest BCUT2D eigenvalue weighted by molar-refractivity contribution is 7.22. The highest BCUT2D eigenvalue weighted by Crippen LogP contribution is 2.33. The Bertz CT molecular complexity index is 1160. The van der Waals surface area contributed by atoms with Crippen molar-refractivity contribution in [1.29, 1.82) is 0 Å². The minimum Gasteiger partial charge on any atom is -0.497 e. The number of aromatic nitrogens is 3. The normalized spacial score (nSPS) is 11.0. The third-order valence-corrected chi connectivity index (χ3v) is 5.95. The highest BCUT2D eigenvalue weighted by atomic mass is 35.5. The number of aryl methyl sites for hydroxylation is 1. The number of hydrogen-bond donors (Lipinski definition) is 0. The molecule has 0 aliphatic rings. The Labute approximate surface area is 181 Å². The lowest BCUT2D eigenvalue weighted by atomic mass is 10.2. The van der Waals surface area contributed by atoms with Gasteiger partial charge in [0, 0.05) is 25.5 Å². The molecule has 0 unspecified atom stereocenters. The van der Waals surface area contributed by atoms with Gasteiger partial charge in [-0.2, -0.15) is 0 Å². The first-order valence-corrected chi connectivity index (χ1v) is 10.4. The van der Waals surface area contributed by atoms with Crippen molar-refractivity contribution in [1.82, 2.24) is 14.5 Å². The zero-order chi connectivity index (χ0) is 21.1. The Morgan fingerprint density at radius 3 is 2.93 bits per heavy atom. The molecule has 0 saturated carbocycles. The van der Waals surface area contributed by atoms with Crippen LogP contribution < -0.4 is 9.64 Å². The first-order valence-electron chi connectivity index (χ1n) is 9.23. The van der Waals surface area contributed by atoms with Crippen LogP contribution in [0.3, 0.4) is 0 Å². The molecule has 0 radical (unpaired) electrons. The Morgan fingerprint density at radius 1 is 1.33 bits per heavy atom. The smallest absolute Gasteiger partial charge is 0.264 e.